The van der Waals surface area contributed by atoms with Gasteiger partial charge in [-0.3, -0.25) is 0 Å². The maximum atomic E-state index is 2.40. The van der Waals surface area contributed by atoms with Crippen LogP contribution < -0.4 is 0 Å². The van der Waals surface area contributed by atoms with Crippen molar-refractivity contribution in [2.75, 3.05) is 0 Å². The largest absolute Gasteiger partial charge is 0.0676 e. The Morgan fingerprint density at radius 2 is 1.54 bits per heavy atom. The molecular weight excluding hydrogens is 156 g/mol. The third-order valence-corrected chi connectivity index (χ3v) is 3.37. The molecule has 0 aliphatic heterocycles. The second-order valence-corrected chi connectivity index (χ2v) is 5.63. The highest BCUT2D eigenvalue weighted by Gasteiger charge is 2.34. The van der Waals surface area contributed by atoms with E-state index in [-0.39, 0.29) is 0 Å². The van der Waals surface area contributed by atoms with Gasteiger partial charge in [0.1, 0.15) is 0 Å². The summed E-state index contributed by atoms with van der Waals surface area (Å²) in [5.41, 5.74) is 3.94. The molecule has 0 heterocycles. The lowest BCUT2D eigenvalue weighted by molar-refractivity contribution is 0.406. The van der Waals surface area contributed by atoms with Gasteiger partial charge in [-0.05, 0) is 30.1 Å². The van der Waals surface area contributed by atoms with E-state index in [1.54, 1.807) is 11.1 Å². The van der Waals surface area contributed by atoms with Crippen molar-refractivity contribution in [3.63, 3.8) is 0 Å². The third kappa shape index (κ3) is 1.98. The zero-order valence-electron chi connectivity index (χ0n) is 10.1. The van der Waals surface area contributed by atoms with E-state index >= 15 is 0 Å². The fourth-order valence-electron chi connectivity index (χ4n) is 2.90. The predicted molar refractivity (Wildman–Crippen MR) is 59.7 cm³/mol. The van der Waals surface area contributed by atoms with Crippen molar-refractivity contribution in [2.24, 2.45) is 17.3 Å². The minimum absolute atomic E-state index is 0.466. The van der Waals surface area contributed by atoms with Crippen LogP contribution in [0.1, 0.15) is 54.4 Å². The Morgan fingerprint density at radius 3 is 1.85 bits per heavy atom. The maximum Gasteiger partial charge on any atom is -0.0136 e. The fraction of sp³-hybridized carbons (Fsp3) is 0.846. The second kappa shape index (κ2) is 3.48. The fourth-order valence-corrected chi connectivity index (χ4v) is 2.90. The molecule has 0 aromatic rings. The van der Waals surface area contributed by atoms with Gasteiger partial charge in [-0.25, -0.2) is 0 Å². The molecule has 0 heteroatoms. The van der Waals surface area contributed by atoms with Gasteiger partial charge in [-0.2, -0.15) is 0 Å². The lowest BCUT2D eigenvalue weighted by Crippen LogP contribution is -2.15. The molecule has 13 heavy (non-hydrogen) atoms. The van der Waals surface area contributed by atoms with Crippen molar-refractivity contribution in [3.8, 4) is 0 Å². The molecule has 0 atom stereocenters. The van der Waals surface area contributed by atoms with E-state index in [9.17, 15) is 0 Å². The summed E-state index contributed by atoms with van der Waals surface area (Å²) in [6, 6.07) is 0. The van der Waals surface area contributed by atoms with Crippen molar-refractivity contribution >= 4 is 0 Å². The Kier molecular flexibility index (Phi) is 2.89. The summed E-state index contributed by atoms with van der Waals surface area (Å²) in [5, 5.41) is 0. The minimum atomic E-state index is 0.466. The van der Waals surface area contributed by atoms with Gasteiger partial charge < -0.3 is 0 Å². The van der Waals surface area contributed by atoms with E-state index in [1.165, 1.54) is 12.8 Å². The Hall–Kier alpha value is -0.260. The highest BCUT2D eigenvalue weighted by molar-refractivity contribution is 5.29. The first-order chi connectivity index (χ1) is 5.86. The van der Waals surface area contributed by atoms with Crippen molar-refractivity contribution in [3.05, 3.63) is 11.1 Å². The Bertz CT molecular complexity index is 216. The molecular formula is C13H24. The molecule has 0 nitrogen and oxygen atoms in total. The summed E-state index contributed by atoms with van der Waals surface area (Å²) in [6.07, 6.45) is 2.69. The van der Waals surface area contributed by atoms with E-state index < -0.39 is 0 Å². The molecule has 0 saturated carbocycles. The molecule has 0 fully saturated rings. The molecule has 0 amide bonds. The van der Waals surface area contributed by atoms with Crippen LogP contribution in [-0.2, 0) is 0 Å². The average molecular weight is 180 g/mol. The highest BCUT2D eigenvalue weighted by atomic mass is 14.4. The van der Waals surface area contributed by atoms with E-state index in [1.807, 2.05) is 0 Å². The van der Waals surface area contributed by atoms with Gasteiger partial charge in [-0.1, -0.05) is 52.7 Å². The summed E-state index contributed by atoms with van der Waals surface area (Å²) in [4.78, 5) is 0. The predicted octanol–water partition coefficient (Wildman–Crippen LogP) is 4.42. The van der Waals surface area contributed by atoms with Gasteiger partial charge in [0.25, 0.3) is 0 Å². The number of hydrogen-bond acceptors (Lipinski definition) is 0. The Labute approximate surface area is 83.4 Å². The molecule has 0 saturated heterocycles. The van der Waals surface area contributed by atoms with Gasteiger partial charge in [0.2, 0.25) is 0 Å². The van der Waals surface area contributed by atoms with Gasteiger partial charge in [0.15, 0.2) is 0 Å². The molecule has 0 spiro atoms. The summed E-state index contributed by atoms with van der Waals surface area (Å²) in [7, 11) is 0. The zero-order valence-corrected chi connectivity index (χ0v) is 10.1. The molecule has 0 unspecified atom stereocenters. The van der Waals surface area contributed by atoms with E-state index in [4.69, 9.17) is 0 Å². The summed E-state index contributed by atoms with van der Waals surface area (Å²) < 4.78 is 0. The lowest BCUT2D eigenvalue weighted by atomic mass is 9.78. The number of rotatable bonds is 2. The molecule has 0 radical (unpaired) electrons. The molecule has 76 valence electrons. The third-order valence-electron chi connectivity index (χ3n) is 3.37. The van der Waals surface area contributed by atoms with Gasteiger partial charge >= 0.3 is 0 Å². The normalized spacial score (nSPS) is 22.2. The van der Waals surface area contributed by atoms with Crippen LogP contribution >= 0.6 is 0 Å². The molecule has 0 aromatic carbocycles. The zero-order chi connectivity index (χ0) is 10.2. The molecule has 0 aromatic heterocycles. The standard InChI is InChI=1S/C13H24/c1-9(2)11-7-8-13(5,6)12(11)10(3)4/h9-10H,7-8H2,1-6H3. The quantitative estimate of drug-likeness (QED) is 0.552. The van der Waals surface area contributed by atoms with E-state index in [0.717, 1.165) is 11.8 Å². The van der Waals surface area contributed by atoms with Crippen LogP contribution in [0, 0.1) is 17.3 Å². The highest BCUT2D eigenvalue weighted by Crippen LogP contribution is 2.47. The summed E-state index contributed by atoms with van der Waals surface area (Å²) in [6.45, 7) is 14.1. The molecule has 1 aliphatic rings. The van der Waals surface area contributed by atoms with E-state index in [0.29, 0.717) is 5.41 Å². The van der Waals surface area contributed by atoms with Crippen LogP contribution in [0.5, 0.6) is 0 Å². The van der Waals surface area contributed by atoms with Crippen LogP contribution in [-0.4, -0.2) is 0 Å². The summed E-state index contributed by atoms with van der Waals surface area (Å²) >= 11 is 0. The van der Waals surface area contributed by atoms with Gasteiger partial charge in [0.05, 0.1) is 0 Å². The minimum Gasteiger partial charge on any atom is -0.0676 e. The first-order valence-electron chi connectivity index (χ1n) is 5.59. The van der Waals surface area contributed by atoms with Gasteiger partial charge in [0, 0.05) is 0 Å². The molecule has 1 aliphatic carbocycles. The first kappa shape index (κ1) is 10.8. The van der Waals surface area contributed by atoms with Crippen molar-refractivity contribution in [1.29, 1.82) is 0 Å². The SMILES string of the molecule is CC(C)C1=C(C(C)C)C(C)(C)CC1. The monoisotopic (exact) mass is 180 g/mol. The Balaban J connectivity index is 3.06. The van der Waals surface area contributed by atoms with Crippen molar-refractivity contribution < 1.29 is 0 Å². The lowest BCUT2D eigenvalue weighted by Gasteiger charge is -2.27. The van der Waals surface area contributed by atoms with Gasteiger partial charge in [-0.15, -0.1) is 0 Å². The van der Waals surface area contributed by atoms with Crippen molar-refractivity contribution in [1.82, 2.24) is 0 Å². The second-order valence-electron chi connectivity index (χ2n) is 5.63. The molecule has 0 N–H and O–H groups in total. The molecule has 1 rings (SSSR count). The van der Waals surface area contributed by atoms with Crippen LogP contribution in [0.3, 0.4) is 0 Å². The first-order valence-corrected chi connectivity index (χ1v) is 5.59. The smallest absolute Gasteiger partial charge is 0.0136 e. The number of hydrogen-bond donors (Lipinski definition) is 0. The van der Waals surface area contributed by atoms with Crippen LogP contribution in [0.25, 0.3) is 0 Å². The van der Waals surface area contributed by atoms with Crippen LogP contribution in [0.4, 0.5) is 0 Å². The van der Waals surface area contributed by atoms with Crippen molar-refractivity contribution in [2.45, 2.75) is 54.4 Å². The number of allylic oxidation sites excluding steroid dienone is 2. The summed E-state index contributed by atoms with van der Waals surface area (Å²) in [5.74, 6) is 1.48. The van der Waals surface area contributed by atoms with Crippen LogP contribution in [0.15, 0.2) is 11.1 Å². The maximum absolute atomic E-state index is 2.40. The average Bonchev–Trinajstić information content (AvgIpc) is 2.24. The van der Waals surface area contributed by atoms with Crippen LogP contribution in [0.2, 0.25) is 0 Å². The topological polar surface area (TPSA) is 0 Å². The Morgan fingerprint density at radius 1 is 1.00 bits per heavy atom. The van der Waals surface area contributed by atoms with E-state index in [2.05, 4.69) is 41.5 Å². The molecule has 0 bridgehead atoms.